The molecule has 3 aromatic carbocycles. The van der Waals surface area contributed by atoms with E-state index in [0.717, 1.165) is 4.90 Å². The average molecular weight is 489 g/mol. The Hall–Kier alpha value is -4.20. The number of amides is 2. The van der Waals surface area contributed by atoms with Gasteiger partial charge in [-0.05, 0) is 44.0 Å². The fraction of sp³-hybridized carbons (Fsp3) is 0.286. The zero-order valence-electron chi connectivity index (χ0n) is 20.6. The van der Waals surface area contributed by atoms with Crippen LogP contribution in [0.15, 0.2) is 78.9 Å². The van der Waals surface area contributed by atoms with Crippen molar-refractivity contribution in [2.45, 2.75) is 37.7 Å². The van der Waals surface area contributed by atoms with E-state index >= 15 is 0 Å². The zero-order chi connectivity index (χ0) is 26.1. The van der Waals surface area contributed by atoms with Gasteiger partial charge in [-0.1, -0.05) is 66.7 Å². The van der Waals surface area contributed by atoms with Gasteiger partial charge in [-0.15, -0.1) is 0 Å². The first-order chi connectivity index (χ1) is 17.1. The number of hydrogen-bond donors (Lipinski definition) is 0. The third kappa shape index (κ3) is 4.19. The highest BCUT2D eigenvalue weighted by molar-refractivity contribution is 6.23. The molecule has 0 saturated carbocycles. The van der Waals surface area contributed by atoms with Gasteiger partial charge in [-0.25, -0.2) is 9.69 Å². The Morgan fingerprint density at radius 1 is 1.00 bits per heavy atom. The number of benzene rings is 3. The molecule has 36 heavy (non-hydrogen) atoms. The molecule has 0 spiro atoms. The summed E-state index contributed by atoms with van der Waals surface area (Å²) < 4.78 is 11.2. The molecule has 0 unspecified atom stereocenters. The van der Waals surface area contributed by atoms with Gasteiger partial charge in [0.1, 0.15) is 16.8 Å². The smallest absolute Gasteiger partial charge is 0.421 e. The maximum atomic E-state index is 14.6. The number of rotatable bonds is 6. The highest BCUT2D eigenvalue weighted by Gasteiger charge is 2.61. The molecule has 0 saturated heterocycles. The van der Waals surface area contributed by atoms with Crippen LogP contribution in [0, 0.1) is 10.1 Å². The van der Waals surface area contributed by atoms with Crippen molar-refractivity contribution in [2.75, 3.05) is 18.6 Å². The largest absolute Gasteiger partial charge is 0.496 e. The lowest BCUT2D eigenvalue weighted by Crippen LogP contribution is -2.50. The summed E-state index contributed by atoms with van der Waals surface area (Å²) in [5.41, 5.74) is -0.585. The third-order valence-corrected chi connectivity index (χ3v) is 6.28. The number of nitrogens with zero attached hydrogens (tertiary/aromatic N) is 2. The van der Waals surface area contributed by atoms with Crippen LogP contribution < -0.4 is 9.64 Å². The molecule has 0 bridgehead atoms. The molecule has 8 heteroatoms. The van der Waals surface area contributed by atoms with Crippen LogP contribution >= 0.6 is 0 Å². The minimum atomic E-state index is -1.59. The highest BCUT2D eigenvalue weighted by Crippen LogP contribution is 2.55. The lowest BCUT2D eigenvalue weighted by atomic mass is 9.64. The van der Waals surface area contributed by atoms with Crippen LogP contribution in [-0.4, -0.2) is 36.2 Å². The van der Waals surface area contributed by atoms with E-state index in [0.29, 0.717) is 28.1 Å². The molecule has 0 aromatic heterocycles. The Morgan fingerprint density at radius 2 is 1.61 bits per heavy atom. The molecule has 0 radical (unpaired) electrons. The first-order valence-corrected chi connectivity index (χ1v) is 11.6. The maximum Gasteiger partial charge on any atom is 0.421 e. The van der Waals surface area contributed by atoms with Crippen LogP contribution in [0.25, 0.3) is 0 Å². The van der Waals surface area contributed by atoms with Crippen molar-refractivity contribution in [1.82, 2.24) is 0 Å². The zero-order valence-corrected chi connectivity index (χ0v) is 20.6. The van der Waals surface area contributed by atoms with Gasteiger partial charge in [-0.2, -0.15) is 0 Å². The van der Waals surface area contributed by atoms with Crippen molar-refractivity contribution in [3.63, 3.8) is 0 Å². The van der Waals surface area contributed by atoms with Gasteiger partial charge in [0.2, 0.25) is 6.54 Å². The lowest BCUT2D eigenvalue weighted by Gasteiger charge is -2.36. The fourth-order valence-corrected chi connectivity index (χ4v) is 4.98. The van der Waals surface area contributed by atoms with E-state index in [2.05, 4.69) is 0 Å². The van der Waals surface area contributed by atoms with Gasteiger partial charge in [0.05, 0.1) is 18.7 Å². The van der Waals surface area contributed by atoms with Crippen molar-refractivity contribution < 1.29 is 24.0 Å². The van der Waals surface area contributed by atoms with Crippen LogP contribution in [0.2, 0.25) is 0 Å². The molecule has 0 fully saturated rings. The Kier molecular flexibility index (Phi) is 6.54. The molecule has 186 valence electrons. The normalized spacial score (nSPS) is 17.9. The molecular weight excluding hydrogens is 460 g/mol. The van der Waals surface area contributed by atoms with Crippen molar-refractivity contribution in [2.24, 2.45) is 0 Å². The number of ether oxygens (including phenoxy) is 2. The van der Waals surface area contributed by atoms with Crippen LogP contribution in [0.4, 0.5) is 10.5 Å². The lowest BCUT2D eigenvalue weighted by molar-refractivity contribution is -0.484. The van der Waals surface area contributed by atoms with Gasteiger partial charge in [-0.3, -0.25) is 14.9 Å². The van der Waals surface area contributed by atoms with E-state index < -0.39 is 40.4 Å². The van der Waals surface area contributed by atoms with Crippen LogP contribution in [0.1, 0.15) is 43.4 Å². The monoisotopic (exact) mass is 488 g/mol. The molecule has 2 amide bonds. The summed E-state index contributed by atoms with van der Waals surface area (Å²) in [5, 5.41) is 12.1. The molecule has 1 aliphatic heterocycles. The van der Waals surface area contributed by atoms with Crippen molar-refractivity contribution in [3.8, 4) is 5.75 Å². The van der Waals surface area contributed by atoms with E-state index in [1.54, 1.807) is 99.6 Å². The Morgan fingerprint density at radius 3 is 2.25 bits per heavy atom. The number of methoxy groups -OCH3 is 1. The molecule has 8 nitrogen and oxygen atoms in total. The summed E-state index contributed by atoms with van der Waals surface area (Å²) in [6.07, 6.45) is -0.836. The van der Waals surface area contributed by atoms with Crippen molar-refractivity contribution in [3.05, 3.63) is 106 Å². The van der Waals surface area contributed by atoms with Gasteiger partial charge in [0.15, 0.2) is 0 Å². The van der Waals surface area contributed by atoms with Gasteiger partial charge in [0, 0.05) is 10.5 Å². The molecule has 3 aromatic rings. The third-order valence-electron chi connectivity index (χ3n) is 6.28. The van der Waals surface area contributed by atoms with E-state index in [1.807, 2.05) is 0 Å². The minimum Gasteiger partial charge on any atom is -0.496 e. The van der Waals surface area contributed by atoms with Crippen LogP contribution in [-0.2, 0) is 14.9 Å². The molecule has 2 atom stereocenters. The van der Waals surface area contributed by atoms with Crippen LogP contribution in [0.5, 0.6) is 5.75 Å². The number of para-hydroxylation sites is 2. The summed E-state index contributed by atoms with van der Waals surface area (Å²) in [6, 6.07) is 22.7. The number of hydrogen-bond acceptors (Lipinski definition) is 6. The second-order valence-corrected chi connectivity index (χ2v) is 9.62. The summed E-state index contributed by atoms with van der Waals surface area (Å²) in [6.45, 7) is 4.57. The van der Waals surface area contributed by atoms with Gasteiger partial charge < -0.3 is 9.47 Å². The summed E-state index contributed by atoms with van der Waals surface area (Å²) in [4.78, 5) is 40.6. The SMILES string of the molecule is COc1ccccc1[C@H](C[N+](=O)[O-])[C@@]1(c2ccccc2)C(=O)N(C(=O)OC(C)(C)C)c2ccccc21. The summed E-state index contributed by atoms with van der Waals surface area (Å²) in [7, 11) is 1.48. The quantitative estimate of drug-likeness (QED) is 0.344. The Bertz CT molecular complexity index is 1300. The van der Waals surface area contributed by atoms with E-state index in [9.17, 15) is 19.7 Å². The predicted molar refractivity (Wildman–Crippen MR) is 135 cm³/mol. The van der Waals surface area contributed by atoms with Gasteiger partial charge in [0.25, 0.3) is 5.91 Å². The van der Waals surface area contributed by atoms with E-state index in [1.165, 1.54) is 7.11 Å². The Labute approximate surface area is 209 Å². The topological polar surface area (TPSA) is 99.0 Å². The number of nitro groups is 1. The summed E-state index contributed by atoms with van der Waals surface area (Å²) >= 11 is 0. The predicted octanol–water partition coefficient (Wildman–Crippen LogP) is 5.32. The Balaban J connectivity index is 2.07. The molecule has 0 N–H and O–H groups in total. The van der Waals surface area contributed by atoms with Crippen molar-refractivity contribution >= 4 is 17.7 Å². The van der Waals surface area contributed by atoms with E-state index in [4.69, 9.17) is 9.47 Å². The molecule has 0 aliphatic carbocycles. The molecule has 1 aliphatic rings. The second-order valence-electron chi connectivity index (χ2n) is 9.62. The standard InChI is InChI=1S/C28H28N2O6/c1-27(2,3)36-26(32)30-23-16-10-9-15-21(23)28(25(30)31,19-12-6-5-7-13-19)22(18-29(33)34)20-14-8-11-17-24(20)35-4/h5-17,22H,18H2,1-4H3/t22-,28-/m0/s1. The number of anilines is 1. The molecular formula is C28H28N2O6. The second kappa shape index (κ2) is 9.45. The fourth-order valence-electron chi connectivity index (χ4n) is 4.98. The minimum absolute atomic E-state index is 0.337. The number of carbonyl (C=O) groups excluding carboxylic acids is 2. The maximum absolute atomic E-state index is 14.6. The number of carbonyl (C=O) groups is 2. The van der Waals surface area contributed by atoms with E-state index in [-0.39, 0.29) is 0 Å². The first kappa shape index (κ1) is 24.9. The van der Waals surface area contributed by atoms with Crippen molar-refractivity contribution in [1.29, 1.82) is 0 Å². The van der Waals surface area contributed by atoms with Crippen LogP contribution in [0.3, 0.4) is 0 Å². The first-order valence-electron chi connectivity index (χ1n) is 11.6. The number of imide groups is 1. The summed E-state index contributed by atoms with van der Waals surface area (Å²) in [5.74, 6) is -1.19. The highest BCUT2D eigenvalue weighted by atomic mass is 16.6. The molecule has 4 rings (SSSR count). The van der Waals surface area contributed by atoms with Gasteiger partial charge >= 0.3 is 6.09 Å². The average Bonchev–Trinajstić information content (AvgIpc) is 3.10. The molecule has 1 heterocycles. The number of fused-ring (bicyclic) bond motifs is 1.